The Kier molecular flexibility index (Phi) is 5.77. The van der Waals surface area contributed by atoms with Gasteiger partial charge >= 0.3 is 5.97 Å². The molecule has 0 atom stereocenters. The molecule has 6 nitrogen and oxygen atoms in total. The molecule has 0 bridgehead atoms. The van der Waals surface area contributed by atoms with Crippen LogP contribution in [0.3, 0.4) is 0 Å². The van der Waals surface area contributed by atoms with E-state index >= 15 is 0 Å². The number of methoxy groups -OCH3 is 2. The molecule has 0 unspecified atom stereocenters. The summed E-state index contributed by atoms with van der Waals surface area (Å²) in [5.41, 5.74) is 1.81. The summed E-state index contributed by atoms with van der Waals surface area (Å²) in [6.07, 6.45) is 1.82. The number of carbonyl (C=O) groups is 2. The maximum Gasteiger partial charge on any atom is 0.316 e. The molecule has 1 aliphatic rings. The summed E-state index contributed by atoms with van der Waals surface area (Å²) in [6.45, 7) is 1.79. The van der Waals surface area contributed by atoms with Crippen molar-refractivity contribution >= 4 is 29.2 Å². The van der Waals surface area contributed by atoms with Gasteiger partial charge in [-0.15, -0.1) is 11.3 Å². The summed E-state index contributed by atoms with van der Waals surface area (Å²) < 4.78 is 21.9. The Labute approximate surface area is 183 Å². The first-order chi connectivity index (χ1) is 15.0. The summed E-state index contributed by atoms with van der Waals surface area (Å²) in [7, 11) is 3.12. The molecule has 2 aromatic carbocycles. The number of thiophene rings is 1. The van der Waals surface area contributed by atoms with E-state index in [2.05, 4.69) is 0 Å². The number of aryl methyl sites for hydroxylation is 1. The summed E-state index contributed by atoms with van der Waals surface area (Å²) in [6, 6.07) is 12.3. The quantitative estimate of drug-likeness (QED) is 0.313. The van der Waals surface area contributed by atoms with E-state index in [0.29, 0.717) is 39.7 Å². The number of allylic oxidation sites excluding steroid dienone is 1. The topological polar surface area (TPSA) is 71.1 Å². The Morgan fingerprint density at radius 3 is 2.65 bits per heavy atom. The molecule has 0 N–H and O–H groups in total. The molecule has 0 saturated heterocycles. The highest BCUT2D eigenvalue weighted by Crippen LogP contribution is 2.38. The van der Waals surface area contributed by atoms with Crippen LogP contribution in [0.2, 0.25) is 0 Å². The molecule has 1 aromatic heterocycles. The van der Waals surface area contributed by atoms with Gasteiger partial charge in [-0.1, -0.05) is 6.07 Å². The lowest BCUT2D eigenvalue weighted by molar-refractivity contribution is -0.133. The minimum absolute atomic E-state index is 0.170. The van der Waals surface area contributed by atoms with Crippen LogP contribution in [0.1, 0.15) is 26.4 Å². The van der Waals surface area contributed by atoms with Crippen molar-refractivity contribution in [1.29, 1.82) is 0 Å². The van der Waals surface area contributed by atoms with Crippen LogP contribution in [0.4, 0.5) is 0 Å². The average molecular weight is 436 g/mol. The predicted molar refractivity (Wildman–Crippen MR) is 117 cm³/mol. The zero-order valence-electron chi connectivity index (χ0n) is 17.3. The number of hydrogen-bond acceptors (Lipinski definition) is 7. The molecular formula is C24H20O6S. The van der Waals surface area contributed by atoms with Crippen molar-refractivity contribution < 1.29 is 28.5 Å². The first-order valence-corrected chi connectivity index (χ1v) is 10.4. The minimum Gasteiger partial charge on any atom is -0.497 e. The Bertz CT molecular complexity index is 1180. The predicted octanol–water partition coefficient (Wildman–Crippen LogP) is 4.84. The largest absolute Gasteiger partial charge is 0.497 e. The van der Waals surface area contributed by atoms with Gasteiger partial charge in [0.15, 0.2) is 5.76 Å². The average Bonchev–Trinajstić information content (AvgIpc) is 3.36. The van der Waals surface area contributed by atoms with E-state index in [-0.39, 0.29) is 23.9 Å². The fourth-order valence-corrected chi connectivity index (χ4v) is 4.03. The molecule has 4 rings (SSSR count). The van der Waals surface area contributed by atoms with Crippen LogP contribution in [0, 0.1) is 6.92 Å². The van der Waals surface area contributed by atoms with Crippen molar-refractivity contribution in [3.8, 4) is 23.0 Å². The van der Waals surface area contributed by atoms with E-state index in [9.17, 15) is 9.59 Å². The summed E-state index contributed by atoms with van der Waals surface area (Å²) >= 11 is 1.50. The molecule has 158 valence electrons. The summed E-state index contributed by atoms with van der Waals surface area (Å²) in [5.74, 6) is 1.47. The van der Waals surface area contributed by atoms with Gasteiger partial charge in [-0.2, -0.15) is 0 Å². The van der Waals surface area contributed by atoms with Crippen LogP contribution < -0.4 is 18.9 Å². The van der Waals surface area contributed by atoms with E-state index in [4.69, 9.17) is 18.9 Å². The van der Waals surface area contributed by atoms with Crippen molar-refractivity contribution in [2.45, 2.75) is 13.3 Å². The van der Waals surface area contributed by atoms with Crippen LogP contribution in [0.5, 0.6) is 23.0 Å². The SMILES string of the molecule is COc1ccc(/C=C2\Oc3cc(OC(=O)Cc4cccs4)cc(C)c3C2=O)c(OC)c1. The van der Waals surface area contributed by atoms with Crippen molar-refractivity contribution in [1.82, 2.24) is 0 Å². The second-order valence-corrected chi connectivity index (χ2v) is 7.92. The highest BCUT2D eigenvalue weighted by atomic mass is 32.1. The van der Waals surface area contributed by atoms with Gasteiger partial charge in [-0.25, -0.2) is 0 Å². The number of fused-ring (bicyclic) bond motifs is 1. The van der Waals surface area contributed by atoms with Gasteiger partial charge in [0.1, 0.15) is 23.0 Å². The number of ketones is 1. The lowest BCUT2D eigenvalue weighted by Crippen LogP contribution is -2.10. The van der Waals surface area contributed by atoms with E-state index < -0.39 is 0 Å². The van der Waals surface area contributed by atoms with Gasteiger partial charge in [-0.3, -0.25) is 9.59 Å². The number of rotatable bonds is 6. The van der Waals surface area contributed by atoms with Crippen LogP contribution in [0.15, 0.2) is 53.6 Å². The van der Waals surface area contributed by atoms with Crippen molar-refractivity contribution in [2.24, 2.45) is 0 Å². The lowest BCUT2D eigenvalue weighted by Gasteiger charge is -2.08. The first kappa shape index (κ1) is 20.7. The fourth-order valence-electron chi connectivity index (χ4n) is 3.34. The molecule has 0 amide bonds. The fraction of sp³-hybridized carbons (Fsp3) is 0.167. The molecule has 3 aromatic rings. The highest BCUT2D eigenvalue weighted by molar-refractivity contribution is 7.10. The number of ether oxygens (including phenoxy) is 4. The van der Waals surface area contributed by atoms with Gasteiger partial charge in [0, 0.05) is 22.6 Å². The van der Waals surface area contributed by atoms with Crippen LogP contribution >= 0.6 is 11.3 Å². The third-order valence-electron chi connectivity index (χ3n) is 4.80. The molecule has 0 saturated carbocycles. The van der Waals surface area contributed by atoms with E-state index in [0.717, 1.165) is 4.88 Å². The molecular weight excluding hydrogens is 416 g/mol. The summed E-state index contributed by atoms with van der Waals surface area (Å²) in [4.78, 5) is 26.1. The number of carbonyl (C=O) groups excluding carboxylic acids is 2. The normalized spacial score (nSPS) is 13.6. The van der Waals surface area contributed by atoms with Crippen LogP contribution in [0.25, 0.3) is 6.08 Å². The number of Topliss-reactive ketones (excluding diaryl/α,β-unsaturated/α-hetero) is 1. The maximum absolute atomic E-state index is 12.9. The Morgan fingerprint density at radius 1 is 1.10 bits per heavy atom. The van der Waals surface area contributed by atoms with Crippen LogP contribution in [-0.2, 0) is 11.2 Å². The standard InChI is InChI=1S/C24H20O6S/c1-14-9-17(29-22(25)13-18-5-4-8-31-18)12-20-23(14)24(26)21(30-20)10-15-6-7-16(27-2)11-19(15)28-3/h4-12H,13H2,1-3H3/b21-10-. The maximum atomic E-state index is 12.9. The zero-order valence-corrected chi connectivity index (χ0v) is 18.1. The van der Waals surface area contributed by atoms with Gasteiger partial charge in [0.25, 0.3) is 0 Å². The highest BCUT2D eigenvalue weighted by Gasteiger charge is 2.30. The molecule has 0 radical (unpaired) electrons. The smallest absolute Gasteiger partial charge is 0.316 e. The van der Waals surface area contributed by atoms with Crippen molar-refractivity contribution in [2.75, 3.05) is 14.2 Å². The number of hydrogen-bond donors (Lipinski definition) is 0. The Hall–Kier alpha value is -3.58. The van der Waals surface area contributed by atoms with Crippen molar-refractivity contribution in [3.05, 3.63) is 75.2 Å². The van der Waals surface area contributed by atoms with E-state index in [1.165, 1.54) is 11.3 Å². The second-order valence-electron chi connectivity index (χ2n) is 6.89. The Balaban J connectivity index is 1.58. The first-order valence-electron chi connectivity index (χ1n) is 9.52. The van der Waals surface area contributed by atoms with E-state index in [1.54, 1.807) is 57.6 Å². The molecule has 0 fully saturated rings. The minimum atomic E-state index is -0.371. The van der Waals surface area contributed by atoms with Gasteiger partial charge < -0.3 is 18.9 Å². The molecule has 31 heavy (non-hydrogen) atoms. The molecule has 2 heterocycles. The second kappa shape index (κ2) is 8.65. The van der Waals surface area contributed by atoms with E-state index in [1.807, 2.05) is 17.5 Å². The van der Waals surface area contributed by atoms with Gasteiger partial charge in [0.05, 0.1) is 26.2 Å². The molecule has 0 spiro atoms. The molecule has 7 heteroatoms. The summed E-state index contributed by atoms with van der Waals surface area (Å²) in [5, 5.41) is 1.91. The third-order valence-corrected chi connectivity index (χ3v) is 5.68. The Morgan fingerprint density at radius 2 is 1.94 bits per heavy atom. The monoisotopic (exact) mass is 436 g/mol. The molecule has 1 aliphatic heterocycles. The number of esters is 1. The van der Waals surface area contributed by atoms with Gasteiger partial charge in [0.2, 0.25) is 5.78 Å². The van der Waals surface area contributed by atoms with Crippen LogP contribution in [-0.4, -0.2) is 26.0 Å². The lowest BCUT2D eigenvalue weighted by atomic mass is 10.0. The third kappa shape index (κ3) is 4.32. The van der Waals surface area contributed by atoms with Gasteiger partial charge in [-0.05, 0) is 48.2 Å². The molecule has 0 aliphatic carbocycles. The number of benzene rings is 2. The zero-order chi connectivity index (χ0) is 22.0. The van der Waals surface area contributed by atoms with Crippen molar-refractivity contribution in [3.63, 3.8) is 0 Å².